The fourth-order valence-corrected chi connectivity index (χ4v) is 1.66. The number of aryl methyl sites for hydroxylation is 1. The van der Waals surface area contributed by atoms with Crippen molar-refractivity contribution in [2.45, 2.75) is 32.9 Å². The molecule has 2 aromatic heterocycles. The molecule has 0 aliphatic carbocycles. The number of hydrogen-bond donors (Lipinski definition) is 1. The molecule has 7 heteroatoms. The van der Waals surface area contributed by atoms with Crippen molar-refractivity contribution in [2.75, 3.05) is 0 Å². The average molecular weight is 249 g/mol. The first-order valence-corrected chi connectivity index (χ1v) is 5.81. The highest BCUT2D eigenvalue weighted by Crippen LogP contribution is 2.10. The quantitative estimate of drug-likeness (QED) is 0.859. The molecule has 0 spiro atoms. The number of nitrogens with one attached hydrogen (secondary N) is 1. The maximum Gasteiger partial charge on any atom is 0.274 e. The third-order valence-electron chi connectivity index (χ3n) is 2.49. The molecule has 2 heterocycles. The molecule has 0 saturated carbocycles. The van der Waals surface area contributed by atoms with Gasteiger partial charge < -0.3 is 9.84 Å². The monoisotopic (exact) mass is 249 g/mol. The van der Waals surface area contributed by atoms with E-state index in [1.807, 2.05) is 6.92 Å². The standard InChI is InChI=1S/C11H15N5O2/c1-3-5-16-10(12-7-13-16)8(2)14-11(17)9-4-6-18-15-9/h4,6-8H,3,5H2,1-2H3,(H,14,17)/t8-/m1/s1. The Hall–Kier alpha value is -2.18. The normalized spacial score (nSPS) is 12.3. The first-order chi connectivity index (χ1) is 8.72. The van der Waals surface area contributed by atoms with E-state index in [-0.39, 0.29) is 17.6 Å². The van der Waals surface area contributed by atoms with E-state index in [1.54, 1.807) is 4.68 Å². The van der Waals surface area contributed by atoms with Gasteiger partial charge in [0.25, 0.3) is 5.91 Å². The minimum absolute atomic E-state index is 0.233. The van der Waals surface area contributed by atoms with Crippen LogP contribution < -0.4 is 5.32 Å². The van der Waals surface area contributed by atoms with Gasteiger partial charge in [-0.05, 0) is 13.3 Å². The molecule has 0 unspecified atom stereocenters. The zero-order valence-electron chi connectivity index (χ0n) is 10.3. The van der Waals surface area contributed by atoms with E-state index in [9.17, 15) is 4.79 Å². The zero-order valence-corrected chi connectivity index (χ0v) is 10.3. The fraction of sp³-hybridized carbons (Fsp3) is 0.455. The van der Waals surface area contributed by atoms with Crippen LogP contribution in [0.4, 0.5) is 0 Å². The molecule has 0 fully saturated rings. The van der Waals surface area contributed by atoms with E-state index in [4.69, 9.17) is 0 Å². The van der Waals surface area contributed by atoms with Gasteiger partial charge in [0.1, 0.15) is 18.4 Å². The summed E-state index contributed by atoms with van der Waals surface area (Å²) >= 11 is 0. The molecule has 1 N–H and O–H groups in total. The van der Waals surface area contributed by atoms with E-state index in [0.29, 0.717) is 0 Å². The molecule has 0 saturated heterocycles. The smallest absolute Gasteiger partial charge is 0.274 e. The number of rotatable bonds is 5. The summed E-state index contributed by atoms with van der Waals surface area (Å²) in [5.41, 5.74) is 0.253. The van der Waals surface area contributed by atoms with Gasteiger partial charge in [-0.1, -0.05) is 12.1 Å². The second kappa shape index (κ2) is 5.44. The van der Waals surface area contributed by atoms with Crippen molar-refractivity contribution >= 4 is 5.91 Å². The van der Waals surface area contributed by atoms with Gasteiger partial charge in [0.15, 0.2) is 5.69 Å². The van der Waals surface area contributed by atoms with Gasteiger partial charge >= 0.3 is 0 Å². The van der Waals surface area contributed by atoms with Crippen molar-refractivity contribution in [1.82, 2.24) is 25.2 Å². The summed E-state index contributed by atoms with van der Waals surface area (Å²) in [6.45, 7) is 4.69. The van der Waals surface area contributed by atoms with Crippen LogP contribution in [0.2, 0.25) is 0 Å². The Morgan fingerprint density at radius 1 is 1.61 bits per heavy atom. The van der Waals surface area contributed by atoms with Crippen LogP contribution in [-0.2, 0) is 6.54 Å². The molecule has 1 amide bonds. The minimum atomic E-state index is -0.290. The Balaban J connectivity index is 2.05. The summed E-state index contributed by atoms with van der Waals surface area (Å²) in [5, 5.41) is 10.5. The Bertz CT molecular complexity index is 505. The van der Waals surface area contributed by atoms with Crippen molar-refractivity contribution < 1.29 is 9.32 Å². The van der Waals surface area contributed by atoms with Crippen LogP contribution in [0.1, 0.15) is 42.6 Å². The first kappa shape index (κ1) is 12.3. The van der Waals surface area contributed by atoms with E-state index in [1.165, 1.54) is 18.7 Å². The highest BCUT2D eigenvalue weighted by molar-refractivity contribution is 5.92. The predicted octanol–water partition coefficient (Wildman–Crippen LogP) is 1.17. The van der Waals surface area contributed by atoms with E-state index in [2.05, 4.69) is 32.0 Å². The summed E-state index contributed by atoms with van der Waals surface area (Å²) in [6.07, 6.45) is 3.81. The minimum Gasteiger partial charge on any atom is -0.364 e. The lowest BCUT2D eigenvalue weighted by Gasteiger charge is -2.13. The van der Waals surface area contributed by atoms with Gasteiger partial charge in [0, 0.05) is 12.6 Å². The number of carbonyl (C=O) groups is 1. The maximum atomic E-state index is 11.8. The summed E-state index contributed by atoms with van der Waals surface area (Å²) < 4.78 is 6.41. The summed E-state index contributed by atoms with van der Waals surface area (Å²) in [5.74, 6) is 0.441. The van der Waals surface area contributed by atoms with Gasteiger partial charge in [0.2, 0.25) is 0 Å². The lowest BCUT2D eigenvalue weighted by atomic mass is 10.3. The molecule has 7 nitrogen and oxygen atoms in total. The second-order valence-corrected chi connectivity index (χ2v) is 3.92. The molecule has 0 aliphatic rings. The molecule has 0 radical (unpaired) electrons. The zero-order chi connectivity index (χ0) is 13.0. The Kier molecular flexibility index (Phi) is 3.71. The summed E-state index contributed by atoms with van der Waals surface area (Å²) in [7, 11) is 0. The molecule has 0 aromatic carbocycles. The van der Waals surface area contributed by atoms with Crippen LogP contribution in [0.5, 0.6) is 0 Å². The van der Waals surface area contributed by atoms with Crippen molar-refractivity contribution in [3.63, 3.8) is 0 Å². The van der Waals surface area contributed by atoms with Gasteiger partial charge in [-0.3, -0.25) is 4.79 Å². The van der Waals surface area contributed by atoms with Gasteiger partial charge in [-0.15, -0.1) is 0 Å². The number of carbonyl (C=O) groups excluding carboxylic acids is 1. The van der Waals surface area contributed by atoms with Crippen LogP contribution >= 0.6 is 0 Å². The van der Waals surface area contributed by atoms with Crippen molar-refractivity contribution in [3.8, 4) is 0 Å². The number of aromatic nitrogens is 4. The van der Waals surface area contributed by atoms with Crippen molar-refractivity contribution in [2.24, 2.45) is 0 Å². The van der Waals surface area contributed by atoms with Crippen LogP contribution in [0.3, 0.4) is 0 Å². The largest absolute Gasteiger partial charge is 0.364 e. The van der Waals surface area contributed by atoms with Gasteiger partial charge in [-0.2, -0.15) is 5.10 Å². The van der Waals surface area contributed by atoms with Gasteiger partial charge in [0.05, 0.1) is 6.04 Å². The van der Waals surface area contributed by atoms with Crippen molar-refractivity contribution in [3.05, 3.63) is 30.2 Å². The third-order valence-corrected chi connectivity index (χ3v) is 2.49. The SMILES string of the molecule is CCCn1ncnc1[C@@H](C)NC(=O)c1ccon1. The average Bonchev–Trinajstić information content (AvgIpc) is 3.00. The Morgan fingerprint density at radius 2 is 2.44 bits per heavy atom. The van der Waals surface area contributed by atoms with Crippen molar-refractivity contribution in [1.29, 1.82) is 0 Å². The molecule has 0 aliphatic heterocycles. The molecular formula is C11H15N5O2. The van der Waals surface area contributed by atoms with E-state index < -0.39 is 0 Å². The van der Waals surface area contributed by atoms with Crippen LogP contribution in [0.25, 0.3) is 0 Å². The van der Waals surface area contributed by atoms with Crippen LogP contribution in [-0.4, -0.2) is 25.8 Å². The molecule has 18 heavy (non-hydrogen) atoms. The number of amides is 1. The third kappa shape index (κ3) is 2.55. The maximum absolute atomic E-state index is 11.8. The van der Waals surface area contributed by atoms with Crippen LogP contribution in [0.15, 0.2) is 23.2 Å². The molecule has 96 valence electrons. The highest BCUT2D eigenvalue weighted by atomic mass is 16.5. The lowest BCUT2D eigenvalue weighted by Crippen LogP contribution is -2.29. The molecule has 1 atom stereocenters. The van der Waals surface area contributed by atoms with E-state index >= 15 is 0 Å². The molecule has 2 rings (SSSR count). The summed E-state index contributed by atoms with van der Waals surface area (Å²) in [4.78, 5) is 16.0. The summed E-state index contributed by atoms with van der Waals surface area (Å²) in [6, 6.07) is 1.28. The lowest BCUT2D eigenvalue weighted by molar-refractivity contribution is 0.0928. The Labute approximate surface area is 104 Å². The van der Waals surface area contributed by atoms with Crippen LogP contribution in [0, 0.1) is 0 Å². The highest BCUT2D eigenvalue weighted by Gasteiger charge is 2.17. The molecule has 0 bridgehead atoms. The topological polar surface area (TPSA) is 85.8 Å². The predicted molar refractivity (Wildman–Crippen MR) is 62.7 cm³/mol. The fourth-order valence-electron chi connectivity index (χ4n) is 1.66. The van der Waals surface area contributed by atoms with Gasteiger partial charge in [-0.25, -0.2) is 9.67 Å². The Morgan fingerprint density at radius 3 is 3.11 bits per heavy atom. The molecule has 2 aromatic rings. The number of hydrogen-bond acceptors (Lipinski definition) is 5. The van der Waals surface area contributed by atoms with E-state index in [0.717, 1.165) is 18.8 Å². The molecular weight excluding hydrogens is 234 g/mol. The second-order valence-electron chi connectivity index (χ2n) is 3.92. The number of nitrogens with zero attached hydrogens (tertiary/aromatic N) is 4. The first-order valence-electron chi connectivity index (χ1n) is 5.81.